The predicted octanol–water partition coefficient (Wildman–Crippen LogP) is 0.706. The van der Waals surface area contributed by atoms with E-state index in [-0.39, 0.29) is 17.6 Å². The molecular weight excluding hydrogens is 253 g/mol. The lowest BCUT2D eigenvalue weighted by Gasteiger charge is -2.17. The van der Waals surface area contributed by atoms with Gasteiger partial charge in [-0.2, -0.15) is 0 Å². The third-order valence-corrected chi connectivity index (χ3v) is 2.40. The van der Waals surface area contributed by atoms with Crippen LogP contribution in [0.5, 0.6) is 0 Å². The summed E-state index contributed by atoms with van der Waals surface area (Å²) in [6, 6.07) is 0.860. The maximum Gasteiger partial charge on any atom is 0.235 e. The van der Waals surface area contributed by atoms with Crippen LogP contribution in [0.4, 0.5) is 5.69 Å². The van der Waals surface area contributed by atoms with Crippen molar-refractivity contribution in [3.8, 4) is 0 Å². The predicted molar refractivity (Wildman–Crippen MR) is 62.3 cm³/mol. The van der Waals surface area contributed by atoms with Gasteiger partial charge >= 0.3 is 0 Å². The largest absolute Gasteiger partial charge is 0.397 e. The average molecular weight is 264 g/mol. The molecule has 0 aliphatic carbocycles. The summed E-state index contributed by atoms with van der Waals surface area (Å²) in [4.78, 5) is 14.9. The highest BCUT2D eigenvalue weighted by Crippen LogP contribution is 2.22. The van der Waals surface area contributed by atoms with E-state index in [1.807, 2.05) is 0 Å². The van der Waals surface area contributed by atoms with Crippen molar-refractivity contribution in [2.45, 2.75) is 6.04 Å². The molecule has 0 aliphatic heterocycles. The first-order valence-corrected chi connectivity index (χ1v) is 5.36. The Morgan fingerprint density at radius 2 is 2.38 bits per heavy atom. The number of nitrogens with two attached hydrogens (primary N) is 1. The van der Waals surface area contributed by atoms with Crippen molar-refractivity contribution < 1.29 is 9.90 Å². The number of nitrogen functional groups attached to an aromatic ring is 1. The first-order chi connectivity index (χ1) is 7.58. The van der Waals surface area contributed by atoms with Gasteiger partial charge in [0.2, 0.25) is 5.91 Å². The number of rotatable bonds is 4. The van der Waals surface area contributed by atoms with E-state index in [9.17, 15) is 4.79 Å². The van der Waals surface area contributed by atoms with Crippen molar-refractivity contribution in [3.63, 3.8) is 0 Å². The molecule has 1 aromatic rings. The van der Waals surface area contributed by atoms with Crippen LogP contribution < -0.4 is 11.1 Å². The van der Waals surface area contributed by atoms with Gasteiger partial charge in [-0.3, -0.25) is 4.79 Å². The molecule has 88 valence electrons. The van der Waals surface area contributed by atoms with Crippen molar-refractivity contribution in [3.05, 3.63) is 23.0 Å². The van der Waals surface area contributed by atoms with Crippen molar-refractivity contribution in [2.75, 3.05) is 18.2 Å². The summed E-state index contributed by atoms with van der Waals surface area (Å²) >= 11 is 11.0. The van der Waals surface area contributed by atoms with Crippen LogP contribution in [-0.4, -0.2) is 28.5 Å². The summed E-state index contributed by atoms with van der Waals surface area (Å²) in [5.41, 5.74) is 6.53. The van der Waals surface area contributed by atoms with Gasteiger partial charge in [-0.05, 0) is 6.07 Å². The second-order valence-corrected chi connectivity index (χ2v) is 3.73. The van der Waals surface area contributed by atoms with E-state index in [0.29, 0.717) is 11.3 Å². The van der Waals surface area contributed by atoms with Gasteiger partial charge < -0.3 is 16.2 Å². The normalized spacial score (nSPS) is 12.2. The average Bonchev–Trinajstić information content (AvgIpc) is 2.29. The van der Waals surface area contributed by atoms with Gasteiger partial charge in [0, 0.05) is 5.56 Å². The number of anilines is 1. The molecule has 0 bridgehead atoms. The summed E-state index contributed by atoms with van der Waals surface area (Å²) in [5.74, 6) is -0.581. The highest BCUT2D eigenvalue weighted by molar-refractivity contribution is 6.29. The quantitative estimate of drug-likeness (QED) is 0.552. The van der Waals surface area contributed by atoms with Crippen molar-refractivity contribution in [2.24, 2.45) is 0 Å². The molecule has 1 heterocycles. The van der Waals surface area contributed by atoms with E-state index in [1.54, 1.807) is 0 Å². The molecule has 0 radical (unpaired) electrons. The third-order valence-electron chi connectivity index (χ3n) is 1.95. The Balaban J connectivity index is 2.94. The Bertz CT molecular complexity index is 387. The number of aliphatic hydroxyl groups is 1. The first-order valence-electron chi connectivity index (χ1n) is 4.45. The number of hydrogen-bond donors (Lipinski definition) is 3. The minimum absolute atomic E-state index is 0.185. The van der Waals surface area contributed by atoms with Crippen LogP contribution in [0.3, 0.4) is 0 Å². The molecule has 7 heteroatoms. The van der Waals surface area contributed by atoms with Gasteiger partial charge in [0.15, 0.2) is 0 Å². The fraction of sp³-hybridized carbons (Fsp3) is 0.333. The van der Waals surface area contributed by atoms with Crippen LogP contribution in [0.1, 0.15) is 11.6 Å². The molecule has 4 N–H and O–H groups in total. The molecule has 0 aromatic carbocycles. The molecule has 1 rings (SSSR count). The molecule has 0 aliphatic rings. The summed E-state index contributed by atoms with van der Waals surface area (Å²) in [6.07, 6.45) is 1.37. The summed E-state index contributed by atoms with van der Waals surface area (Å²) in [5, 5.41) is 11.9. The van der Waals surface area contributed by atoms with Gasteiger partial charge in [-0.25, -0.2) is 4.98 Å². The number of nitrogens with one attached hydrogen (secondary N) is 1. The van der Waals surface area contributed by atoms with Gasteiger partial charge in [0.1, 0.15) is 11.0 Å². The molecule has 1 aromatic heterocycles. The van der Waals surface area contributed by atoms with E-state index in [2.05, 4.69) is 10.3 Å². The highest BCUT2D eigenvalue weighted by atomic mass is 35.5. The molecular formula is C9H11Cl2N3O2. The molecule has 16 heavy (non-hydrogen) atoms. The SMILES string of the molecule is Nc1cnc(Cl)cc1[C@H](CO)NC(=O)CCl. The summed E-state index contributed by atoms with van der Waals surface area (Å²) in [6.45, 7) is -0.298. The zero-order valence-electron chi connectivity index (χ0n) is 8.28. The number of nitrogens with zero attached hydrogens (tertiary/aromatic N) is 1. The Hall–Kier alpha value is -1.04. The fourth-order valence-electron chi connectivity index (χ4n) is 1.21. The van der Waals surface area contributed by atoms with Crippen LogP contribution >= 0.6 is 23.2 Å². The number of pyridine rings is 1. The maximum absolute atomic E-state index is 11.1. The van der Waals surface area contributed by atoms with E-state index in [1.165, 1.54) is 12.3 Å². The maximum atomic E-state index is 11.1. The Morgan fingerprint density at radius 1 is 1.69 bits per heavy atom. The van der Waals surface area contributed by atoms with Gasteiger partial charge in [0.05, 0.1) is 24.5 Å². The fourth-order valence-corrected chi connectivity index (χ4v) is 1.45. The summed E-state index contributed by atoms with van der Waals surface area (Å²) < 4.78 is 0. The summed E-state index contributed by atoms with van der Waals surface area (Å²) in [7, 11) is 0. The molecule has 1 amide bonds. The Labute approximate surface area is 103 Å². The number of carbonyl (C=O) groups is 1. The number of amides is 1. The zero-order chi connectivity index (χ0) is 12.1. The first kappa shape index (κ1) is 13.0. The van der Waals surface area contributed by atoms with Crippen LogP contribution in [0.25, 0.3) is 0 Å². The van der Waals surface area contributed by atoms with E-state index in [0.717, 1.165) is 0 Å². The molecule has 0 saturated heterocycles. The number of carbonyl (C=O) groups excluding carboxylic acids is 1. The van der Waals surface area contributed by atoms with E-state index >= 15 is 0 Å². The number of alkyl halides is 1. The second kappa shape index (κ2) is 5.89. The van der Waals surface area contributed by atoms with Crippen molar-refractivity contribution in [1.82, 2.24) is 10.3 Å². The van der Waals surface area contributed by atoms with Gasteiger partial charge in [0.25, 0.3) is 0 Å². The number of halogens is 2. The number of hydrogen-bond acceptors (Lipinski definition) is 4. The number of aliphatic hydroxyl groups excluding tert-OH is 1. The van der Waals surface area contributed by atoms with Gasteiger partial charge in [-0.1, -0.05) is 11.6 Å². The van der Waals surface area contributed by atoms with E-state index in [4.69, 9.17) is 34.0 Å². The lowest BCUT2D eigenvalue weighted by Crippen LogP contribution is -2.32. The lowest BCUT2D eigenvalue weighted by molar-refractivity contribution is -0.119. The molecule has 0 saturated carbocycles. The minimum Gasteiger partial charge on any atom is -0.397 e. The monoisotopic (exact) mass is 263 g/mol. The zero-order valence-corrected chi connectivity index (χ0v) is 9.79. The standard InChI is InChI=1S/C9H11Cl2N3O2/c10-2-9(16)14-7(4-15)5-1-8(11)13-3-6(5)12/h1,3,7,15H,2,4,12H2,(H,14,16)/t7-/m0/s1. The number of aromatic nitrogens is 1. The molecule has 0 fully saturated rings. The second-order valence-electron chi connectivity index (χ2n) is 3.07. The van der Waals surface area contributed by atoms with Crippen molar-refractivity contribution in [1.29, 1.82) is 0 Å². The minimum atomic E-state index is -0.633. The van der Waals surface area contributed by atoms with Crippen LogP contribution in [-0.2, 0) is 4.79 Å². The van der Waals surface area contributed by atoms with Crippen LogP contribution in [0.15, 0.2) is 12.3 Å². The Morgan fingerprint density at radius 3 is 2.94 bits per heavy atom. The van der Waals surface area contributed by atoms with E-state index < -0.39 is 11.9 Å². The van der Waals surface area contributed by atoms with Crippen LogP contribution in [0.2, 0.25) is 5.15 Å². The smallest absolute Gasteiger partial charge is 0.235 e. The topological polar surface area (TPSA) is 88.2 Å². The molecule has 5 nitrogen and oxygen atoms in total. The van der Waals surface area contributed by atoms with Crippen molar-refractivity contribution >= 4 is 34.8 Å². The Kier molecular flexibility index (Phi) is 4.79. The third kappa shape index (κ3) is 3.23. The van der Waals surface area contributed by atoms with Gasteiger partial charge in [-0.15, -0.1) is 11.6 Å². The molecule has 0 spiro atoms. The highest BCUT2D eigenvalue weighted by Gasteiger charge is 2.16. The lowest BCUT2D eigenvalue weighted by atomic mass is 10.1. The molecule has 1 atom stereocenters. The van der Waals surface area contributed by atoms with Crippen LogP contribution in [0, 0.1) is 0 Å². The molecule has 0 unspecified atom stereocenters.